The standard InChI is InChI=1S/C22H29N11O8P2S2/c1-42(44)37-4-9-15(13(35)21(39-9)33-7-29-11-17(24)30-22(25)31-19(11)33)41-43(2,45)36-3-8-14(40-42)12(34)20(38-8)32-6-28-10-16(23)26-5-27-18(10)32/h5-9,12-15,20-21,34-35,44-45H,1-4H2,(H2,23,26,27)(H4,24,25,30,31)/t8-,9+,12+,13+,14-,15+,20-,21+,42?,43?/m0/s1. The molecule has 0 amide bonds. The van der Waals surface area contributed by atoms with E-state index in [1.807, 2.05) is 0 Å². The summed E-state index contributed by atoms with van der Waals surface area (Å²) < 4.78 is 39.8. The number of aromatic nitrogens is 8. The molecule has 2 unspecified atom stereocenters. The van der Waals surface area contributed by atoms with Crippen LogP contribution in [-0.2, 0) is 27.6 Å². The summed E-state index contributed by atoms with van der Waals surface area (Å²) in [4.78, 5) is 24.8. The molecule has 45 heavy (non-hydrogen) atoms. The number of fused-ring (bicyclic) bond motifs is 4. The van der Waals surface area contributed by atoms with Crippen molar-refractivity contribution in [3.05, 3.63) is 19.0 Å². The molecule has 0 radical (unpaired) electrons. The highest BCUT2D eigenvalue weighted by molar-refractivity contribution is 8.48. The Morgan fingerprint density at radius 1 is 0.756 bits per heavy atom. The van der Waals surface area contributed by atoms with Crippen LogP contribution in [0.5, 0.6) is 0 Å². The number of nitrogens with two attached hydrogens (primary N) is 3. The van der Waals surface area contributed by atoms with E-state index in [0.717, 1.165) is 0 Å². The van der Waals surface area contributed by atoms with E-state index in [4.69, 9.17) is 44.8 Å². The first-order valence-electron chi connectivity index (χ1n) is 13.3. The second-order valence-electron chi connectivity index (χ2n) is 10.5. The van der Waals surface area contributed by atoms with E-state index in [2.05, 4.69) is 67.0 Å². The monoisotopic (exact) mass is 701 g/mol. The van der Waals surface area contributed by atoms with Crippen molar-refractivity contribution in [3.63, 3.8) is 0 Å². The predicted molar refractivity (Wildman–Crippen MR) is 171 cm³/mol. The number of thiol groups is 2. The number of nitrogen functional groups attached to an aromatic ring is 3. The zero-order valence-corrected chi connectivity index (χ0v) is 26.7. The summed E-state index contributed by atoms with van der Waals surface area (Å²) in [6, 6.07) is 0. The van der Waals surface area contributed by atoms with Gasteiger partial charge in [0.25, 0.3) is 0 Å². The Kier molecular flexibility index (Phi) is 7.82. The van der Waals surface area contributed by atoms with E-state index in [0.29, 0.717) is 11.2 Å². The molecule has 8 N–H and O–H groups in total. The van der Waals surface area contributed by atoms with Crippen molar-refractivity contribution >= 4 is 90.1 Å². The van der Waals surface area contributed by atoms with Crippen LogP contribution in [0.2, 0.25) is 0 Å². The summed E-state index contributed by atoms with van der Waals surface area (Å²) in [5.74, 6) is 0.153. The first-order valence-corrected chi connectivity index (χ1v) is 19.2. The van der Waals surface area contributed by atoms with Crippen LogP contribution in [0.1, 0.15) is 12.5 Å². The van der Waals surface area contributed by atoms with Gasteiger partial charge in [-0.05, 0) is 12.6 Å². The normalized spacial score (nSPS) is 37.7. The molecule has 0 spiro atoms. The molecule has 7 heterocycles. The molecule has 3 aliphatic rings. The summed E-state index contributed by atoms with van der Waals surface area (Å²) in [7, 11) is 0. The molecule has 0 bridgehead atoms. The van der Waals surface area contributed by atoms with E-state index >= 15 is 0 Å². The third-order valence-electron chi connectivity index (χ3n) is 7.47. The fraction of sp³-hybridized carbons (Fsp3) is 0.455. The van der Waals surface area contributed by atoms with Crippen LogP contribution in [0.4, 0.5) is 17.6 Å². The maximum absolute atomic E-state index is 11.5. The van der Waals surface area contributed by atoms with Crippen LogP contribution in [0, 0.1) is 0 Å². The molecule has 4 aromatic heterocycles. The SMILES string of the molecule is C=P1(S)OC[C@H]2O[C@@H](n3cnc4c(N)nc(N)nc43)[C@H](O)[C@@H]2OP(=C)(S)OC[C@@H]2O[C@H](n3cnc4c(N)ncnc43)[C@H](O)[C@H]2O1. The quantitative estimate of drug-likeness (QED) is 0.107. The van der Waals surface area contributed by atoms with Gasteiger partial charge in [-0.15, -0.1) is 0 Å². The highest BCUT2D eigenvalue weighted by atomic mass is 32.7. The molecule has 4 aromatic rings. The van der Waals surface area contributed by atoms with Crippen molar-refractivity contribution in [2.24, 2.45) is 0 Å². The van der Waals surface area contributed by atoms with Gasteiger partial charge in [0.15, 0.2) is 48.5 Å². The maximum atomic E-state index is 11.5. The van der Waals surface area contributed by atoms with Crippen molar-refractivity contribution in [1.29, 1.82) is 0 Å². The Bertz CT molecular complexity index is 1880. The third-order valence-corrected chi connectivity index (χ3v) is 11.0. The van der Waals surface area contributed by atoms with E-state index in [9.17, 15) is 10.2 Å². The van der Waals surface area contributed by atoms with Crippen LogP contribution in [0.25, 0.3) is 22.3 Å². The van der Waals surface area contributed by atoms with Gasteiger partial charge in [0, 0.05) is 0 Å². The molecule has 19 nitrogen and oxygen atoms in total. The maximum Gasteiger partial charge on any atom is 0.224 e. The van der Waals surface area contributed by atoms with Crippen molar-refractivity contribution < 1.29 is 37.8 Å². The molecule has 23 heteroatoms. The molecule has 242 valence electrons. The molecule has 3 fully saturated rings. The number of imidazole rings is 2. The molecule has 0 aromatic carbocycles. The number of aliphatic hydroxyl groups is 2. The lowest BCUT2D eigenvalue weighted by atomic mass is 10.1. The van der Waals surface area contributed by atoms with Gasteiger partial charge in [-0.25, -0.2) is 19.9 Å². The second-order valence-corrected chi connectivity index (χ2v) is 17.6. The van der Waals surface area contributed by atoms with Gasteiger partial charge < -0.3 is 55.0 Å². The van der Waals surface area contributed by atoms with Crippen molar-refractivity contribution in [2.75, 3.05) is 30.4 Å². The Morgan fingerprint density at radius 2 is 1.27 bits per heavy atom. The Labute approximate surface area is 264 Å². The van der Waals surface area contributed by atoms with Crippen LogP contribution in [0.3, 0.4) is 0 Å². The molecule has 3 saturated heterocycles. The third kappa shape index (κ3) is 5.60. The average Bonchev–Trinajstić information content (AvgIpc) is 3.72. The lowest BCUT2D eigenvalue weighted by molar-refractivity contribution is -0.0529. The molecular formula is C22H29N11O8P2S2. The lowest BCUT2D eigenvalue weighted by Crippen LogP contribution is -2.38. The number of ether oxygens (including phenoxy) is 2. The van der Waals surface area contributed by atoms with Crippen LogP contribution >= 0.6 is 37.6 Å². The Balaban J connectivity index is 1.17. The zero-order chi connectivity index (χ0) is 31.8. The number of nitrogens with zero attached hydrogens (tertiary/aromatic N) is 8. The van der Waals surface area contributed by atoms with Gasteiger partial charge in [-0.2, -0.15) is 9.97 Å². The van der Waals surface area contributed by atoms with Gasteiger partial charge in [0.1, 0.15) is 54.0 Å². The molecule has 7 rings (SSSR count). The van der Waals surface area contributed by atoms with Gasteiger partial charge in [-0.3, -0.25) is 9.13 Å². The summed E-state index contributed by atoms with van der Waals surface area (Å²) >= 11 is 9.14. The minimum Gasteiger partial charge on any atom is -0.386 e. The summed E-state index contributed by atoms with van der Waals surface area (Å²) in [6.45, 7) is -6.84. The van der Waals surface area contributed by atoms with E-state index in [1.54, 1.807) is 0 Å². The van der Waals surface area contributed by atoms with Gasteiger partial charge in [0.2, 0.25) is 5.95 Å². The number of hydrogen-bond donors (Lipinski definition) is 7. The summed E-state index contributed by atoms with van der Waals surface area (Å²) in [6.07, 6.45) is 3.59. The first-order chi connectivity index (χ1) is 21.3. The van der Waals surface area contributed by atoms with Crippen LogP contribution in [-0.4, -0.2) is 112 Å². The summed E-state index contributed by atoms with van der Waals surface area (Å²) in [5.41, 5.74) is 18.9. The molecule has 0 aliphatic carbocycles. The van der Waals surface area contributed by atoms with E-state index < -0.39 is 62.2 Å². The highest BCUT2D eigenvalue weighted by Gasteiger charge is 2.51. The van der Waals surface area contributed by atoms with Crippen LogP contribution in [0.15, 0.2) is 19.0 Å². The van der Waals surface area contributed by atoms with E-state index in [-0.39, 0.29) is 42.0 Å². The smallest absolute Gasteiger partial charge is 0.224 e. The molecular weight excluding hydrogens is 672 g/mol. The summed E-state index contributed by atoms with van der Waals surface area (Å²) in [5, 5.41) is 22.9. The largest absolute Gasteiger partial charge is 0.386 e. The molecule has 3 aliphatic heterocycles. The fourth-order valence-electron chi connectivity index (χ4n) is 5.45. The predicted octanol–water partition coefficient (Wildman–Crippen LogP) is -0.00460. The van der Waals surface area contributed by atoms with Crippen LogP contribution < -0.4 is 17.2 Å². The lowest BCUT2D eigenvalue weighted by Gasteiger charge is -2.32. The fourth-order valence-corrected chi connectivity index (χ4v) is 8.66. The first kappa shape index (κ1) is 31.1. The van der Waals surface area contributed by atoms with Crippen molar-refractivity contribution in [3.8, 4) is 0 Å². The van der Waals surface area contributed by atoms with Crippen molar-refractivity contribution in [1.82, 2.24) is 39.0 Å². The molecule has 0 saturated carbocycles. The zero-order valence-electron chi connectivity index (χ0n) is 23.1. The van der Waals surface area contributed by atoms with Gasteiger partial charge in [0.05, 0.1) is 25.9 Å². The van der Waals surface area contributed by atoms with Gasteiger partial charge in [-0.1, -0.05) is 24.5 Å². The minimum atomic E-state index is -3.23. The second kappa shape index (κ2) is 11.3. The number of aliphatic hydroxyl groups excluding tert-OH is 2. The van der Waals surface area contributed by atoms with E-state index in [1.165, 1.54) is 28.1 Å². The number of rotatable bonds is 2. The minimum absolute atomic E-state index is 0.0657. The average molecular weight is 702 g/mol. The van der Waals surface area contributed by atoms with Crippen molar-refractivity contribution in [2.45, 2.75) is 49.1 Å². The Hall–Kier alpha value is -2.52. The van der Waals surface area contributed by atoms with Gasteiger partial charge >= 0.3 is 0 Å². The Morgan fingerprint density at radius 3 is 1.82 bits per heavy atom. The topological polar surface area (TPSA) is 261 Å². The molecule has 10 atom stereocenters. The number of anilines is 3. The number of hydrogen-bond acceptors (Lipinski definition) is 19. The highest BCUT2D eigenvalue weighted by Crippen LogP contribution is 2.59.